The first-order valence-electron chi connectivity index (χ1n) is 10.8. The molecule has 2 aromatic carbocycles. The zero-order valence-electron chi connectivity index (χ0n) is 19.7. The molecule has 2 aromatic rings. The van der Waals surface area contributed by atoms with Crippen LogP contribution < -0.4 is 9.62 Å². The highest BCUT2D eigenvalue weighted by Gasteiger charge is 2.32. The zero-order valence-corrected chi connectivity index (χ0v) is 20.5. The van der Waals surface area contributed by atoms with Gasteiger partial charge in [-0.15, -0.1) is 0 Å². The van der Waals surface area contributed by atoms with E-state index in [2.05, 4.69) is 5.32 Å². The molecule has 0 aliphatic heterocycles. The van der Waals surface area contributed by atoms with Crippen LogP contribution in [0.5, 0.6) is 0 Å². The van der Waals surface area contributed by atoms with Crippen LogP contribution in [0.25, 0.3) is 0 Å². The van der Waals surface area contributed by atoms with Crippen molar-refractivity contribution in [3.05, 3.63) is 69.8 Å². The molecule has 0 fully saturated rings. The molecule has 0 spiro atoms. The predicted molar refractivity (Wildman–Crippen MR) is 130 cm³/mol. The van der Waals surface area contributed by atoms with E-state index in [1.807, 2.05) is 31.2 Å². The van der Waals surface area contributed by atoms with Crippen molar-refractivity contribution in [1.29, 1.82) is 0 Å². The minimum atomic E-state index is -3.97. The van der Waals surface area contributed by atoms with Crippen LogP contribution in [-0.4, -0.2) is 55.4 Å². The second-order valence-corrected chi connectivity index (χ2v) is 9.72. The Morgan fingerprint density at radius 3 is 2.35 bits per heavy atom. The van der Waals surface area contributed by atoms with E-state index < -0.39 is 33.4 Å². The molecule has 0 aliphatic rings. The summed E-state index contributed by atoms with van der Waals surface area (Å²) in [7, 11) is -3.97. The van der Waals surface area contributed by atoms with Gasteiger partial charge in [0.15, 0.2) is 0 Å². The number of carbonyl (C=O) groups is 2. The molecule has 11 heteroatoms. The normalized spacial score (nSPS) is 12.0. The van der Waals surface area contributed by atoms with Gasteiger partial charge in [-0.1, -0.05) is 37.3 Å². The third kappa shape index (κ3) is 6.77. The quantitative estimate of drug-likeness (QED) is 0.381. The second-order valence-electron chi connectivity index (χ2n) is 7.81. The molecule has 2 amide bonds. The number of sulfonamides is 1. The largest absolute Gasteiger partial charge is 0.355 e. The summed E-state index contributed by atoms with van der Waals surface area (Å²) in [5, 5.41) is 13.9. The first-order valence-corrected chi connectivity index (χ1v) is 12.7. The maximum Gasteiger partial charge on any atom is 0.271 e. The van der Waals surface area contributed by atoms with Crippen LogP contribution in [0.4, 0.5) is 11.4 Å². The van der Waals surface area contributed by atoms with E-state index in [1.165, 1.54) is 23.1 Å². The molecule has 0 bridgehead atoms. The number of anilines is 1. The summed E-state index contributed by atoms with van der Waals surface area (Å²) in [5.41, 5.74) is 1.43. The maximum atomic E-state index is 13.5. The lowest BCUT2D eigenvalue weighted by atomic mass is 10.1. The molecule has 1 N–H and O–H groups in total. The highest BCUT2D eigenvalue weighted by molar-refractivity contribution is 7.92. The number of nitrogens with one attached hydrogen (secondary N) is 1. The Morgan fingerprint density at radius 2 is 1.79 bits per heavy atom. The summed E-state index contributed by atoms with van der Waals surface area (Å²) in [6.07, 6.45) is 1.24. The first kappa shape index (κ1) is 26.8. The number of likely N-dealkylation sites (N-methyl/N-ethyl adjacent to an activating group) is 1. The number of nitrogens with zero attached hydrogens (tertiary/aromatic N) is 3. The van der Waals surface area contributed by atoms with Crippen molar-refractivity contribution < 1.29 is 22.9 Å². The van der Waals surface area contributed by atoms with Crippen molar-refractivity contribution in [2.75, 3.05) is 23.7 Å². The van der Waals surface area contributed by atoms with E-state index >= 15 is 0 Å². The highest BCUT2D eigenvalue weighted by Crippen LogP contribution is 2.24. The standard InChI is InChI=1S/C23H30N4O6S/c1-5-21(23(29)24-6-2)25(15-18-11-8-7-10-17(18)3)22(28)16-26(34(4,32)33)19-12-9-13-20(14-19)27(30)31/h7-14,21H,5-6,15-16H2,1-4H3,(H,24,29)/t21-/m0/s1. The minimum absolute atomic E-state index is 0.00745. The van der Waals surface area contributed by atoms with Gasteiger partial charge in [-0.2, -0.15) is 0 Å². The fourth-order valence-corrected chi connectivity index (χ4v) is 4.40. The monoisotopic (exact) mass is 490 g/mol. The number of aryl methyl sites for hydroxylation is 1. The number of nitro benzene ring substituents is 1. The van der Waals surface area contributed by atoms with E-state index in [4.69, 9.17) is 0 Å². The molecule has 0 unspecified atom stereocenters. The van der Waals surface area contributed by atoms with Crippen molar-refractivity contribution in [3.63, 3.8) is 0 Å². The molecule has 1 atom stereocenters. The van der Waals surface area contributed by atoms with Crippen LogP contribution in [-0.2, 0) is 26.2 Å². The van der Waals surface area contributed by atoms with E-state index in [9.17, 15) is 28.1 Å². The predicted octanol–water partition coefficient (Wildman–Crippen LogP) is 2.61. The molecule has 184 valence electrons. The van der Waals surface area contributed by atoms with E-state index in [0.29, 0.717) is 13.0 Å². The molecule has 0 heterocycles. The van der Waals surface area contributed by atoms with Crippen molar-refractivity contribution in [1.82, 2.24) is 10.2 Å². The van der Waals surface area contributed by atoms with Gasteiger partial charge in [0.05, 0.1) is 16.9 Å². The van der Waals surface area contributed by atoms with Gasteiger partial charge >= 0.3 is 0 Å². The number of hydrogen-bond acceptors (Lipinski definition) is 6. The lowest BCUT2D eigenvalue weighted by molar-refractivity contribution is -0.384. The number of carbonyl (C=O) groups excluding carboxylic acids is 2. The van der Waals surface area contributed by atoms with Gasteiger partial charge in [0.2, 0.25) is 21.8 Å². The van der Waals surface area contributed by atoms with Crippen LogP contribution in [0.1, 0.15) is 31.4 Å². The van der Waals surface area contributed by atoms with Gasteiger partial charge in [-0.05, 0) is 37.5 Å². The molecular formula is C23H30N4O6S. The average Bonchev–Trinajstić information content (AvgIpc) is 2.77. The maximum absolute atomic E-state index is 13.5. The molecule has 2 rings (SSSR count). The van der Waals surface area contributed by atoms with Gasteiger partial charge in [-0.25, -0.2) is 8.42 Å². The van der Waals surface area contributed by atoms with Crippen LogP contribution in [0.2, 0.25) is 0 Å². The van der Waals surface area contributed by atoms with Gasteiger partial charge in [-0.3, -0.25) is 24.0 Å². The smallest absolute Gasteiger partial charge is 0.271 e. The fourth-order valence-electron chi connectivity index (χ4n) is 3.56. The van der Waals surface area contributed by atoms with Gasteiger partial charge in [0.1, 0.15) is 12.6 Å². The Kier molecular flexibility index (Phi) is 9.13. The van der Waals surface area contributed by atoms with Gasteiger partial charge < -0.3 is 10.2 Å². The van der Waals surface area contributed by atoms with E-state index in [-0.39, 0.29) is 23.8 Å². The highest BCUT2D eigenvalue weighted by atomic mass is 32.2. The molecule has 0 radical (unpaired) electrons. The fraction of sp³-hybridized carbons (Fsp3) is 0.391. The lowest BCUT2D eigenvalue weighted by Crippen LogP contribution is -2.52. The summed E-state index contributed by atoms with van der Waals surface area (Å²) in [6.45, 7) is 5.30. The number of hydrogen-bond donors (Lipinski definition) is 1. The van der Waals surface area contributed by atoms with Crippen molar-refractivity contribution in [2.24, 2.45) is 0 Å². The number of nitro groups is 1. The molecule has 0 aliphatic carbocycles. The number of amides is 2. The van der Waals surface area contributed by atoms with Crippen molar-refractivity contribution >= 4 is 33.2 Å². The summed E-state index contributed by atoms with van der Waals surface area (Å²) >= 11 is 0. The van der Waals surface area contributed by atoms with Gasteiger partial charge in [0, 0.05) is 25.2 Å². The number of non-ortho nitro benzene ring substituents is 1. The minimum Gasteiger partial charge on any atom is -0.355 e. The molecule has 10 nitrogen and oxygen atoms in total. The Morgan fingerprint density at radius 1 is 1.12 bits per heavy atom. The van der Waals surface area contributed by atoms with Crippen LogP contribution in [0.3, 0.4) is 0 Å². The summed E-state index contributed by atoms with van der Waals surface area (Å²) in [6, 6.07) is 11.7. The van der Waals surface area contributed by atoms with Crippen molar-refractivity contribution in [2.45, 2.75) is 39.8 Å². The summed E-state index contributed by atoms with van der Waals surface area (Å²) in [4.78, 5) is 38.2. The Labute approximate surface area is 199 Å². The Hall–Kier alpha value is -3.47. The molecule has 34 heavy (non-hydrogen) atoms. The molecule has 0 saturated heterocycles. The van der Waals surface area contributed by atoms with Crippen LogP contribution >= 0.6 is 0 Å². The number of benzene rings is 2. The third-order valence-electron chi connectivity index (χ3n) is 5.35. The SMILES string of the molecule is CCNC(=O)[C@H](CC)N(Cc1ccccc1C)C(=O)CN(c1cccc([N+](=O)[O-])c1)S(C)(=O)=O. The lowest BCUT2D eigenvalue weighted by Gasteiger charge is -2.33. The van der Waals surface area contributed by atoms with Crippen molar-refractivity contribution in [3.8, 4) is 0 Å². The van der Waals surface area contributed by atoms with Crippen LogP contribution in [0.15, 0.2) is 48.5 Å². The average molecular weight is 491 g/mol. The second kappa shape index (κ2) is 11.6. The molecular weight excluding hydrogens is 460 g/mol. The van der Waals surface area contributed by atoms with Crippen LogP contribution in [0, 0.1) is 17.0 Å². The van der Waals surface area contributed by atoms with E-state index in [0.717, 1.165) is 27.8 Å². The molecule has 0 aromatic heterocycles. The zero-order chi connectivity index (χ0) is 25.5. The topological polar surface area (TPSA) is 130 Å². The third-order valence-corrected chi connectivity index (χ3v) is 6.49. The Balaban J connectivity index is 2.48. The summed E-state index contributed by atoms with van der Waals surface area (Å²) in [5.74, 6) is -0.938. The van der Waals surface area contributed by atoms with Gasteiger partial charge in [0.25, 0.3) is 5.69 Å². The number of rotatable bonds is 11. The first-order chi connectivity index (χ1) is 16.0. The molecule has 0 saturated carbocycles. The Bertz CT molecular complexity index is 1150. The summed E-state index contributed by atoms with van der Waals surface area (Å²) < 4.78 is 25.9. The van der Waals surface area contributed by atoms with E-state index in [1.54, 1.807) is 13.8 Å².